The summed E-state index contributed by atoms with van der Waals surface area (Å²) in [5, 5.41) is 8.85. The van der Waals surface area contributed by atoms with Crippen LogP contribution in [0.2, 0.25) is 0 Å². The number of hydrogen-bond donors (Lipinski definition) is 2. The molecule has 90 valence electrons. The molecule has 0 bridgehead atoms. The van der Waals surface area contributed by atoms with Crippen LogP contribution in [0.4, 0.5) is 0 Å². The largest absolute Gasteiger partial charge is 0.480 e. The van der Waals surface area contributed by atoms with Crippen molar-refractivity contribution >= 4 is 5.97 Å². The summed E-state index contributed by atoms with van der Waals surface area (Å²) < 4.78 is 0. The molecule has 16 heavy (non-hydrogen) atoms. The number of hydrogen-bond acceptors (Lipinski definition) is 2. The number of aliphatic carboxylic acids is 1. The molecule has 3 N–H and O–H groups in total. The second-order valence-corrected chi connectivity index (χ2v) is 5.44. The Labute approximate surface area is 96.7 Å². The van der Waals surface area contributed by atoms with Gasteiger partial charge in [-0.05, 0) is 49.9 Å². The van der Waals surface area contributed by atoms with Gasteiger partial charge in [0.1, 0.15) is 6.04 Å². The van der Waals surface area contributed by atoms with Gasteiger partial charge in [-0.1, -0.05) is 18.6 Å². The first-order valence-electron chi connectivity index (χ1n) is 6.25. The maximum absolute atomic E-state index is 10.8. The van der Waals surface area contributed by atoms with Crippen molar-refractivity contribution in [2.45, 2.75) is 45.1 Å². The molecule has 2 aliphatic carbocycles. The average molecular weight is 223 g/mol. The Bertz CT molecular complexity index is 311. The number of allylic oxidation sites excluding steroid dienone is 2. The second-order valence-electron chi connectivity index (χ2n) is 5.44. The molecule has 4 atom stereocenters. The predicted octanol–water partition coefficient (Wildman–Crippen LogP) is 2.17. The third-order valence-corrected chi connectivity index (χ3v) is 4.19. The van der Waals surface area contributed by atoms with Crippen molar-refractivity contribution in [1.82, 2.24) is 0 Å². The van der Waals surface area contributed by atoms with Gasteiger partial charge in [-0.15, -0.1) is 0 Å². The van der Waals surface area contributed by atoms with E-state index in [1.807, 2.05) is 6.92 Å². The Morgan fingerprint density at radius 3 is 3.06 bits per heavy atom. The molecule has 1 saturated carbocycles. The lowest BCUT2D eigenvalue weighted by molar-refractivity contribution is -0.139. The summed E-state index contributed by atoms with van der Waals surface area (Å²) in [6, 6.07) is -0.700. The zero-order chi connectivity index (χ0) is 11.7. The number of carboxylic acids is 1. The van der Waals surface area contributed by atoms with Crippen molar-refractivity contribution in [2.75, 3.05) is 0 Å². The van der Waals surface area contributed by atoms with E-state index in [2.05, 4.69) is 6.08 Å². The highest BCUT2D eigenvalue weighted by molar-refractivity contribution is 5.73. The van der Waals surface area contributed by atoms with E-state index >= 15 is 0 Å². The minimum atomic E-state index is -0.870. The van der Waals surface area contributed by atoms with Crippen LogP contribution in [0.5, 0.6) is 0 Å². The summed E-state index contributed by atoms with van der Waals surface area (Å²) >= 11 is 0. The molecule has 0 amide bonds. The van der Waals surface area contributed by atoms with Crippen LogP contribution in [0.1, 0.15) is 39.0 Å². The molecule has 0 heterocycles. The van der Waals surface area contributed by atoms with Gasteiger partial charge in [0.2, 0.25) is 0 Å². The first-order valence-corrected chi connectivity index (χ1v) is 6.25. The summed E-state index contributed by atoms with van der Waals surface area (Å²) in [6.45, 7) is 1.96. The zero-order valence-corrected chi connectivity index (χ0v) is 9.86. The van der Waals surface area contributed by atoms with Crippen molar-refractivity contribution in [1.29, 1.82) is 0 Å². The van der Waals surface area contributed by atoms with Crippen molar-refractivity contribution in [3.05, 3.63) is 11.6 Å². The van der Waals surface area contributed by atoms with E-state index in [-0.39, 0.29) is 5.92 Å². The van der Waals surface area contributed by atoms with E-state index in [4.69, 9.17) is 10.8 Å². The lowest BCUT2D eigenvalue weighted by atomic mass is 9.88. The van der Waals surface area contributed by atoms with Crippen molar-refractivity contribution in [3.63, 3.8) is 0 Å². The monoisotopic (exact) mass is 223 g/mol. The van der Waals surface area contributed by atoms with Gasteiger partial charge < -0.3 is 10.8 Å². The van der Waals surface area contributed by atoms with Crippen molar-refractivity contribution in [2.24, 2.45) is 23.5 Å². The molecule has 3 heteroatoms. The summed E-state index contributed by atoms with van der Waals surface area (Å²) in [6.07, 6.45) is 8.33. The van der Waals surface area contributed by atoms with Gasteiger partial charge in [-0.2, -0.15) is 0 Å². The molecule has 0 aromatic rings. The fraction of sp³-hybridized carbons (Fsp3) is 0.769. The maximum Gasteiger partial charge on any atom is 0.320 e. The highest BCUT2D eigenvalue weighted by Gasteiger charge is 2.33. The average Bonchev–Trinajstić information content (AvgIpc) is 2.76. The molecule has 1 fully saturated rings. The molecule has 0 aromatic heterocycles. The predicted molar refractivity (Wildman–Crippen MR) is 62.9 cm³/mol. The van der Waals surface area contributed by atoms with Crippen molar-refractivity contribution in [3.8, 4) is 0 Å². The van der Waals surface area contributed by atoms with Gasteiger partial charge in [0.25, 0.3) is 0 Å². The summed E-state index contributed by atoms with van der Waals surface area (Å²) in [5.41, 5.74) is 7.27. The van der Waals surface area contributed by atoms with Crippen LogP contribution in [0.15, 0.2) is 11.6 Å². The van der Waals surface area contributed by atoms with Gasteiger partial charge in [-0.25, -0.2) is 0 Å². The quantitative estimate of drug-likeness (QED) is 0.718. The van der Waals surface area contributed by atoms with E-state index in [1.165, 1.54) is 25.7 Å². The summed E-state index contributed by atoms with van der Waals surface area (Å²) in [4.78, 5) is 10.8. The lowest BCUT2D eigenvalue weighted by Crippen LogP contribution is -2.37. The first kappa shape index (κ1) is 11.6. The van der Waals surface area contributed by atoms with Crippen LogP contribution in [0.3, 0.4) is 0 Å². The third-order valence-electron chi connectivity index (χ3n) is 4.19. The molecule has 2 aliphatic rings. The Balaban J connectivity index is 1.85. The van der Waals surface area contributed by atoms with E-state index in [9.17, 15) is 4.79 Å². The van der Waals surface area contributed by atoms with Gasteiger partial charge in [0.15, 0.2) is 0 Å². The van der Waals surface area contributed by atoms with Crippen LogP contribution >= 0.6 is 0 Å². The van der Waals surface area contributed by atoms with Gasteiger partial charge in [0.05, 0.1) is 0 Å². The van der Waals surface area contributed by atoms with Gasteiger partial charge >= 0.3 is 5.97 Å². The topological polar surface area (TPSA) is 63.3 Å². The molecular formula is C13H21NO2. The van der Waals surface area contributed by atoms with Gasteiger partial charge in [0, 0.05) is 0 Å². The molecule has 0 radical (unpaired) electrons. The minimum absolute atomic E-state index is 0.0851. The van der Waals surface area contributed by atoms with Crippen molar-refractivity contribution < 1.29 is 9.90 Å². The number of carboxylic acid groups (broad SMARTS) is 1. The Kier molecular flexibility index (Phi) is 3.33. The van der Waals surface area contributed by atoms with Crippen LogP contribution in [0.25, 0.3) is 0 Å². The number of rotatable bonds is 4. The Hall–Kier alpha value is -0.830. The Morgan fingerprint density at radius 2 is 2.44 bits per heavy atom. The molecule has 0 aliphatic heterocycles. The molecule has 3 unspecified atom stereocenters. The van der Waals surface area contributed by atoms with E-state index < -0.39 is 12.0 Å². The normalized spacial score (nSPS) is 32.0. The number of carbonyl (C=O) groups is 1. The molecule has 0 saturated heterocycles. The molecule has 2 rings (SSSR count). The van der Waals surface area contributed by atoms with Crippen LogP contribution in [-0.2, 0) is 4.79 Å². The molecular weight excluding hydrogens is 202 g/mol. The number of nitrogens with two attached hydrogens (primary N) is 1. The summed E-state index contributed by atoms with van der Waals surface area (Å²) in [7, 11) is 0. The highest BCUT2D eigenvalue weighted by Crippen LogP contribution is 2.45. The van der Waals surface area contributed by atoms with Crippen LogP contribution < -0.4 is 5.73 Å². The highest BCUT2D eigenvalue weighted by atomic mass is 16.4. The third kappa shape index (κ3) is 2.29. The first-order chi connectivity index (χ1) is 7.58. The second kappa shape index (κ2) is 4.58. The van der Waals surface area contributed by atoms with E-state index in [0.29, 0.717) is 5.92 Å². The summed E-state index contributed by atoms with van der Waals surface area (Å²) in [5.74, 6) is 0.682. The smallest absolute Gasteiger partial charge is 0.320 e. The van der Waals surface area contributed by atoms with E-state index in [0.717, 1.165) is 12.3 Å². The van der Waals surface area contributed by atoms with E-state index in [1.54, 1.807) is 5.57 Å². The SMILES string of the molecule is CC(CC1CC2=CCCC2C1)[C@@H](N)C(=O)O. The fourth-order valence-electron chi connectivity index (χ4n) is 3.26. The number of fused-ring (bicyclic) bond motifs is 1. The Morgan fingerprint density at radius 1 is 1.69 bits per heavy atom. The standard InChI is InChI=1S/C13H21NO2/c1-8(12(14)13(15)16)5-9-6-10-3-2-4-11(10)7-9/h3,8-9,11-12H,2,4-7,14H2,1H3,(H,15,16)/t8?,9?,11?,12-/m1/s1. The van der Waals surface area contributed by atoms with Crippen LogP contribution in [-0.4, -0.2) is 17.1 Å². The fourth-order valence-corrected chi connectivity index (χ4v) is 3.26. The minimum Gasteiger partial charge on any atom is -0.480 e. The molecule has 0 aromatic carbocycles. The van der Waals surface area contributed by atoms with Crippen LogP contribution in [0, 0.1) is 17.8 Å². The van der Waals surface area contributed by atoms with Gasteiger partial charge in [-0.3, -0.25) is 4.79 Å². The maximum atomic E-state index is 10.8. The lowest BCUT2D eigenvalue weighted by Gasteiger charge is -2.19. The zero-order valence-electron chi connectivity index (χ0n) is 9.86. The molecule has 3 nitrogen and oxygen atoms in total. The molecule has 0 spiro atoms.